The van der Waals surface area contributed by atoms with Gasteiger partial charge in [0.25, 0.3) is 5.91 Å². The van der Waals surface area contributed by atoms with Gasteiger partial charge in [-0.15, -0.1) is 0 Å². The molecule has 0 bridgehead atoms. The van der Waals surface area contributed by atoms with Gasteiger partial charge in [0.15, 0.2) is 5.69 Å². The third-order valence-electron chi connectivity index (χ3n) is 3.34. The molecule has 23 heavy (non-hydrogen) atoms. The summed E-state index contributed by atoms with van der Waals surface area (Å²) in [6.07, 6.45) is 0. The van der Waals surface area contributed by atoms with Gasteiger partial charge in [-0.3, -0.25) is 4.79 Å². The summed E-state index contributed by atoms with van der Waals surface area (Å²) in [5.74, 6) is -0.0913. The van der Waals surface area contributed by atoms with Crippen LogP contribution in [0.1, 0.15) is 23.0 Å². The molecule has 0 aliphatic rings. The van der Waals surface area contributed by atoms with E-state index in [2.05, 4.69) is 15.3 Å². The Morgan fingerprint density at radius 1 is 1.04 bits per heavy atom. The monoisotopic (exact) mass is 307 g/mol. The number of benzene rings is 2. The van der Waals surface area contributed by atoms with Crippen LogP contribution in [0.4, 0.5) is 5.69 Å². The zero-order chi connectivity index (χ0) is 16.2. The summed E-state index contributed by atoms with van der Waals surface area (Å²) in [4.78, 5) is 21.3. The summed E-state index contributed by atoms with van der Waals surface area (Å²) >= 11 is 0. The lowest BCUT2D eigenvalue weighted by atomic mass is 10.2. The van der Waals surface area contributed by atoms with Crippen LogP contribution in [-0.2, 0) is 0 Å². The van der Waals surface area contributed by atoms with Crippen molar-refractivity contribution < 1.29 is 9.53 Å². The van der Waals surface area contributed by atoms with Gasteiger partial charge in [0.2, 0.25) is 5.88 Å². The highest BCUT2D eigenvalue weighted by molar-refractivity contribution is 6.05. The summed E-state index contributed by atoms with van der Waals surface area (Å²) in [6.45, 7) is 4.25. The number of fused-ring (bicyclic) bond motifs is 1. The minimum Gasteiger partial charge on any atom is -0.476 e. The van der Waals surface area contributed by atoms with Crippen LogP contribution >= 0.6 is 0 Å². The van der Waals surface area contributed by atoms with Gasteiger partial charge in [-0.1, -0.05) is 29.8 Å². The van der Waals surface area contributed by atoms with Crippen LogP contribution in [0.2, 0.25) is 0 Å². The number of carbonyl (C=O) groups is 1. The minimum absolute atomic E-state index is 0.186. The highest BCUT2D eigenvalue weighted by atomic mass is 16.5. The Morgan fingerprint density at radius 2 is 1.70 bits per heavy atom. The first-order chi connectivity index (χ1) is 11.2. The Kier molecular flexibility index (Phi) is 4.19. The fraction of sp³-hybridized carbons (Fsp3) is 0.167. The number of nitrogens with one attached hydrogen (secondary N) is 1. The van der Waals surface area contributed by atoms with Crippen molar-refractivity contribution in [2.75, 3.05) is 11.9 Å². The molecular formula is C18H17N3O2. The number of ether oxygens (including phenoxy) is 1. The Balaban J connectivity index is 1.97. The first-order valence-corrected chi connectivity index (χ1v) is 7.45. The van der Waals surface area contributed by atoms with Crippen LogP contribution in [0.3, 0.4) is 0 Å². The molecule has 0 spiro atoms. The molecule has 0 aliphatic carbocycles. The SMILES string of the molecule is CCOc1nc2ccccc2nc1C(=O)Nc1ccc(C)cc1. The predicted octanol–water partition coefficient (Wildman–Crippen LogP) is 3.59. The second kappa shape index (κ2) is 6.44. The maximum atomic E-state index is 12.5. The molecule has 0 saturated heterocycles. The third kappa shape index (κ3) is 3.29. The number of amides is 1. The van der Waals surface area contributed by atoms with Gasteiger partial charge >= 0.3 is 0 Å². The third-order valence-corrected chi connectivity index (χ3v) is 3.34. The Hall–Kier alpha value is -2.95. The number of anilines is 1. The number of hydrogen-bond donors (Lipinski definition) is 1. The molecule has 3 rings (SSSR count). The summed E-state index contributed by atoms with van der Waals surface area (Å²) < 4.78 is 5.49. The lowest BCUT2D eigenvalue weighted by Gasteiger charge is -2.10. The van der Waals surface area contributed by atoms with Gasteiger partial charge in [0.1, 0.15) is 0 Å². The van der Waals surface area contributed by atoms with Gasteiger partial charge in [-0.05, 0) is 38.1 Å². The topological polar surface area (TPSA) is 64.1 Å². The molecule has 1 aromatic heterocycles. The standard InChI is InChI=1S/C18H17N3O2/c1-3-23-18-16(20-14-6-4-5-7-15(14)21-18)17(22)19-13-10-8-12(2)9-11-13/h4-11H,3H2,1-2H3,(H,19,22). The summed E-state index contributed by atoms with van der Waals surface area (Å²) in [5.41, 5.74) is 3.38. The first kappa shape index (κ1) is 15.0. The summed E-state index contributed by atoms with van der Waals surface area (Å²) in [5, 5.41) is 2.83. The van der Waals surface area contributed by atoms with E-state index < -0.39 is 0 Å². The van der Waals surface area contributed by atoms with Crippen molar-refractivity contribution in [3.8, 4) is 5.88 Å². The molecule has 116 valence electrons. The highest BCUT2D eigenvalue weighted by Gasteiger charge is 2.17. The van der Waals surface area contributed by atoms with E-state index in [1.165, 1.54) is 0 Å². The number of aromatic nitrogens is 2. The zero-order valence-corrected chi connectivity index (χ0v) is 13.0. The van der Waals surface area contributed by atoms with Crippen molar-refractivity contribution >= 4 is 22.6 Å². The second-order valence-corrected chi connectivity index (χ2v) is 5.12. The molecule has 1 N–H and O–H groups in total. The largest absolute Gasteiger partial charge is 0.476 e. The molecule has 0 unspecified atom stereocenters. The molecule has 0 saturated carbocycles. The van der Waals surface area contributed by atoms with Crippen LogP contribution in [0.15, 0.2) is 48.5 Å². The number of hydrogen-bond acceptors (Lipinski definition) is 4. The molecule has 2 aromatic carbocycles. The number of nitrogens with zero attached hydrogens (tertiary/aromatic N) is 2. The number of rotatable bonds is 4. The fourth-order valence-electron chi connectivity index (χ4n) is 2.20. The molecule has 0 atom stereocenters. The number of para-hydroxylation sites is 2. The van der Waals surface area contributed by atoms with E-state index in [0.717, 1.165) is 5.56 Å². The Bertz CT molecular complexity index is 845. The van der Waals surface area contributed by atoms with Crippen LogP contribution < -0.4 is 10.1 Å². The fourth-order valence-corrected chi connectivity index (χ4v) is 2.20. The van der Waals surface area contributed by atoms with Crippen molar-refractivity contribution in [3.05, 3.63) is 59.8 Å². The van der Waals surface area contributed by atoms with Gasteiger partial charge in [-0.25, -0.2) is 9.97 Å². The van der Waals surface area contributed by atoms with Crippen molar-refractivity contribution in [1.82, 2.24) is 9.97 Å². The molecule has 3 aromatic rings. The maximum absolute atomic E-state index is 12.5. The van der Waals surface area contributed by atoms with E-state index in [0.29, 0.717) is 23.3 Å². The van der Waals surface area contributed by atoms with Crippen molar-refractivity contribution in [2.24, 2.45) is 0 Å². The average Bonchev–Trinajstić information content (AvgIpc) is 2.56. The average molecular weight is 307 g/mol. The normalized spacial score (nSPS) is 10.5. The minimum atomic E-state index is -0.337. The van der Waals surface area contributed by atoms with E-state index in [4.69, 9.17) is 4.74 Å². The highest BCUT2D eigenvalue weighted by Crippen LogP contribution is 2.20. The van der Waals surface area contributed by atoms with Gasteiger partial charge in [0.05, 0.1) is 17.6 Å². The summed E-state index contributed by atoms with van der Waals surface area (Å²) in [6, 6.07) is 15.0. The lowest BCUT2D eigenvalue weighted by molar-refractivity contribution is 0.101. The zero-order valence-electron chi connectivity index (χ0n) is 13.0. The van der Waals surface area contributed by atoms with Gasteiger partial charge in [-0.2, -0.15) is 0 Å². The van der Waals surface area contributed by atoms with Crippen molar-refractivity contribution in [1.29, 1.82) is 0 Å². The smallest absolute Gasteiger partial charge is 0.279 e. The molecule has 0 fully saturated rings. The number of aryl methyl sites for hydroxylation is 1. The van der Waals surface area contributed by atoms with E-state index >= 15 is 0 Å². The molecule has 1 heterocycles. The van der Waals surface area contributed by atoms with Crippen LogP contribution in [0.5, 0.6) is 5.88 Å². The van der Waals surface area contributed by atoms with Crippen LogP contribution in [-0.4, -0.2) is 22.5 Å². The molecule has 0 radical (unpaired) electrons. The van der Waals surface area contributed by atoms with Crippen molar-refractivity contribution in [3.63, 3.8) is 0 Å². The molecular weight excluding hydrogens is 290 g/mol. The number of carbonyl (C=O) groups excluding carboxylic acids is 1. The second-order valence-electron chi connectivity index (χ2n) is 5.12. The van der Waals surface area contributed by atoms with Gasteiger partial charge in [0, 0.05) is 5.69 Å². The first-order valence-electron chi connectivity index (χ1n) is 7.45. The Labute approximate surface area is 134 Å². The quantitative estimate of drug-likeness (QED) is 0.800. The van der Waals surface area contributed by atoms with Crippen LogP contribution in [0, 0.1) is 6.92 Å². The van der Waals surface area contributed by atoms with E-state index in [-0.39, 0.29) is 17.5 Å². The summed E-state index contributed by atoms with van der Waals surface area (Å²) in [7, 11) is 0. The Morgan fingerprint density at radius 3 is 2.35 bits per heavy atom. The molecule has 0 aliphatic heterocycles. The lowest BCUT2D eigenvalue weighted by Crippen LogP contribution is -2.16. The molecule has 5 nitrogen and oxygen atoms in total. The molecule has 5 heteroatoms. The maximum Gasteiger partial charge on any atom is 0.279 e. The van der Waals surface area contributed by atoms with Gasteiger partial charge < -0.3 is 10.1 Å². The van der Waals surface area contributed by atoms with E-state index in [1.54, 1.807) is 0 Å². The molecule has 1 amide bonds. The van der Waals surface area contributed by atoms with Crippen LogP contribution in [0.25, 0.3) is 11.0 Å². The van der Waals surface area contributed by atoms with E-state index in [9.17, 15) is 4.79 Å². The van der Waals surface area contributed by atoms with Crippen molar-refractivity contribution in [2.45, 2.75) is 13.8 Å². The predicted molar refractivity (Wildman–Crippen MR) is 89.8 cm³/mol. The van der Waals surface area contributed by atoms with E-state index in [1.807, 2.05) is 62.4 Å².